The van der Waals surface area contributed by atoms with Gasteiger partial charge in [-0.15, -0.1) is 12.4 Å². The first kappa shape index (κ1) is 23.4. The van der Waals surface area contributed by atoms with Crippen molar-refractivity contribution in [2.45, 2.75) is 50.2 Å². The number of alkyl halides is 2. The molecular weight excluding hydrogens is 422 g/mol. The topological polar surface area (TPSA) is 67.4 Å². The molecule has 0 aromatic heterocycles. The van der Waals surface area contributed by atoms with E-state index in [0.717, 1.165) is 37.8 Å². The lowest BCUT2D eigenvalue weighted by Gasteiger charge is -2.26. The van der Waals surface area contributed by atoms with Gasteiger partial charge in [0.05, 0.1) is 4.90 Å². The summed E-state index contributed by atoms with van der Waals surface area (Å²) in [7, 11) is -3.81. The lowest BCUT2D eigenvalue weighted by Crippen LogP contribution is -2.35. The third-order valence-corrected chi connectivity index (χ3v) is 6.13. The second-order valence-electron chi connectivity index (χ2n) is 6.83. The van der Waals surface area contributed by atoms with Gasteiger partial charge in [0.1, 0.15) is 5.75 Å². The maximum Gasteiger partial charge on any atom is 0.387 e. The Bertz CT molecular complexity index is 908. The summed E-state index contributed by atoms with van der Waals surface area (Å²) in [4.78, 5) is -0.0179. The van der Waals surface area contributed by atoms with Gasteiger partial charge < -0.3 is 10.1 Å². The Labute approximate surface area is 176 Å². The third kappa shape index (κ3) is 6.29. The van der Waals surface area contributed by atoms with Gasteiger partial charge in [-0.2, -0.15) is 8.78 Å². The Balaban J connectivity index is 0.00000300. The molecule has 0 amide bonds. The monoisotopic (exact) mass is 446 g/mol. The number of rotatable bonds is 8. The van der Waals surface area contributed by atoms with E-state index in [1.807, 2.05) is 12.1 Å². The molecule has 0 bridgehead atoms. The minimum atomic E-state index is -3.81. The second kappa shape index (κ2) is 10.2. The Morgan fingerprint density at radius 2 is 1.86 bits per heavy atom. The largest absolute Gasteiger partial charge is 0.435 e. The fourth-order valence-electron chi connectivity index (χ4n) is 3.36. The predicted octanol–water partition coefficient (Wildman–Crippen LogP) is 4.37. The number of hydrogen-bond acceptors (Lipinski definition) is 4. The molecule has 0 radical (unpaired) electrons. The zero-order chi connectivity index (χ0) is 20.1. The SMILES string of the molecule is CCCN[C@@H]1CCc2cc(NS(=O)(=O)c3ccc(OC(F)F)cc3)ccc2C1.Cl. The van der Waals surface area contributed by atoms with E-state index in [9.17, 15) is 17.2 Å². The molecule has 0 saturated carbocycles. The molecule has 0 spiro atoms. The lowest BCUT2D eigenvalue weighted by atomic mass is 9.88. The van der Waals surface area contributed by atoms with Crippen LogP contribution in [0, 0.1) is 0 Å². The number of sulfonamides is 1. The summed E-state index contributed by atoms with van der Waals surface area (Å²) in [5.41, 5.74) is 2.87. The van der Waals surface area contributed by atoms with Crippen molar-refractivity contribution in [3.63, 3.8) is 0 Å². The highest BCUT2D eigenvalue weighted by Gasteiger charge is 2.20. The molecule has 160 valence electrons. The van der Waals surface area contributed by atoms with E-state index >= 15 is 0 Å². The number of aryl methyl sites for hydroxylation is 1. The van der Waals surface area contributed by atoms with Crippen molar-refractivity contribution in [3.05, 3.63) is 53.6 Å². The maximum absolute atomic E-state index is 12.6. The van der Waals surface area contributed by atoms with Crippen molar-refractivity contribution in [3.8, 4) is 5.75 Å². The number of hydrogen-bond donors (Lipinski definition) is 2. The van der Waals surface area contributed by atoms with Crippen molar-refractivity contribution >= 4 is 28.1 Å². The highest BCUT2D eigenvalue weighted by Crippen LogP contribution is 2.26. The standard InChI is InChI=1S/C20H24F2N2O3S.ClH/c1-2-11-23-16-5-3-15-13-17(6-4-14(15)12-16)24-28(25,26)19-9-7-18(8-10-19)27-20(21)22;/h4,6-10,13,16,20,23-24H,2-3,5,11-12H2,1H3;1H/t16-;/m1./s1. The van der Waals surface area contributed by atoms with Crippen LogP contribution in [0.1, 0.15) is 30.9 Å². The number of benzene rings is 2. The summed E-state index contributed by atoms with van der Waals surface area (Å²) in [6.07, 6.45) is 3.95. The van der Waals surface area contributed by atoms with Gasteiger partial charge in [-0.3, -0.25) is 4.72 Å². The number of halogens is 3. The van der Waals surface area contributed by atoms with Gasteiger partial charge in [-0.1, -0.05) is 13.0 Å². The maximum atomic E-state index is 12.6. The van der Waals surface area contributed by atoms with Gasteiger partial charge in [0.25, 0.3) is 10.0 Å². The van der Waals surface area contributed by atoms with Crippen molar-refractivity contribution in [2.24, 2.45) is 0 Å². The van der Waals surface area contributed by atoms with E-state index in [4.69, 9.17) is 0 Å². The fourth-order valence-corrected chi connectivity index (χ4v) is 4.41. The van der Waals surface area contributed by atoms with Gasteiger partial charge >= 0.3 is 6.61 Å². The molecule has 0 fully saturated rings. The van der Waals surface area contributed by atoms with Crippen LogP contribution in [-0.2, 0) is 22.9 Å². The second-order valence-corrected chi connectivity index (χ2v) is 8.52. The van der Waals surface area contributed by atoms with Gasteiger partial charge in [0.2, 0.25) is 0 Å². The van der Waals surface area contributed by atoms with E-state index in [1.165, 1.54) is 29.8 Å². The minimum Gasteiger partial charge on any atom is -0.435 e. The Morgan fingerprint density at radius 1 is 1.14 bits per heavy atom. The van der Waals surface area contributed by atoms with E-state index in [2.05, 4.69) is 21.7 Å². The molecule has 0 aliphatic heterocycles. The predicted molar refractivity (Wildman–Crippen MR) is 112 cm³/mol. The summed E-state index contributed by atoms with van der Waals surface area (Å²) < 4.78 is 56.3. The average Bonchev–Trinajstić information content (AvgIpc) is 2.66. The average molecular weight is 447 g/mol. The van der Waals surface area contributed by atoms with E-state index < -0.39 is 16.6 Å². The molecule has 2 N–H and O–H groups in total. The Morgan fingerprint density at radius 3 is 2.52 bits per heavy atom. The molecule has 1 atom stereocenters. The van der Waals surface area contributed by atoms with Crippen LogP contribution in [0.25, 0.3) is 0 Å². The van der Waals surface area contributed by atoms with E-state index in [0.29, 0.717) is 11.7 Å². The van der Waals surface area contributed by atoms with Crippen molar-refractivity contribution in [1.29, 1.82) is 0 Å². The van der Waals surface area contributed by atoms with Gasteiger partial charge in [0, 0.05) is 11.7 Å². The first-order valence-electron chi connectivity index (χ1n) is 9.30. The summed E-state index contributed by atoms with van der Waals surface area (Å²) >= 11 is 0. The smallest absolute Gasteiger partial charge is 0.387 e. The third-order valence-electron chi connectivity index (χ3n) is 4.73. The summed E-state index contributed by atoms with van der Waals surface area (Å²) in [5.74, 6) is -0.0889. The van der Waals surface area contributed by atoms with Gasteiger partial charge in [-0.05, 0) is 79.8 Å². The van der Waals surface area contributed by atoms with Crippen LogP contribution in [0.5, 0.6) is 5.75 Å². The lowest BCUT2D eigenvalue weighted by molar-refractivity contribution is -0.0498. The van der Waals surface area contributed by atoms with E-state index in [1.54, 1.807) is 6.07 Å². The molecule has 0 unspecified atom stereocenters. The minimum absolute atomic E-state index is 0. The van der Waals surface area contributed by atoms with Gasteiger partial charge in [-0.25, -0.2) is 8.42 Å². The summed E-state index contributed by atoms with van der Waals surface area (Å²) in [6, 6.07) is 10.9. The first-order valence-corrected chi connectivity index (χ1v) is 10.8. The normalized spacial score (nSPS) is 16.1. The number of nitrogens with one attached hydrogen (secondary N) is 2. The molecule has 1 aliphatic rings. The molecule has 3 rings (SSSR count). The first-order chi connectivity index (χ1) is 13.4. The van der Waals surface area contributed by atoms with Crippen LogP contribution >= 0.6 is 12.4 Å². The molecule has 1 aliphatic carbocycles. The van der Waals surface area contributed by atoms with Crippen LogP contribution in [0.3, 0.4) is 0 Å². The zero-order valence-electron chi connectivity index (χ0n) is 16.0. The van der Waals surface area contributed by atoms with Crippen molar-refractivity contribution in [1.82, 2.24) is 5.32 Å². The Hall–Kier alpha value is -1.90. The molecule has 2 aromatic carbocycles. The molecule has 9 heteroatoms. The van der Waals surface area contributed by atoms with Crippen molar-refractivity contribution < 1.29 is 21.9 Å². The molecule has 5 nitrogen and oxygen atoms in total. The van der Waals surface area contributed by atoms with Crippen LogP contribution in [-0.4, -0.2) is 27.6 Å². The number of ether oxygens (including phenoxy) is 1. The quantitative estimate of drug-likeness (QED) is 0.632. The highest BCUT2D eigenvalue weighted by molar-refractivity contribution is 7.92. The van der Waals surface area contributed by atoms with Crippen molar-refractivity contribution in [2.75, 3.05) is 11.3 Å². The molecular formula is C20H25ClF2N2O3S. The number of anilines is 1. The van der Waals surface area contributed by atoms with Crippen LogP contribution in [0.15, 0.2) is 47.4 Å². The number of fused-ring (bicyclic) bond motifs is 1. The fraction of sp³-hybridized carbons (Fsp3) is 0.400. The van der Waals surface area contributed by atoms with E-state index in [-0.39, 0.29) is 23.1 Å². The highest BCUT2D eigenvalue weighted by atomic mass is 35.5. The summed E-state index contributed by atoms with van der Waals surface area (Å²) in [5, 5.41) is 3.53. The van der Waals surface area contributed by atoms with Crippen LogP contribution in [0.4, 0.5) is 14.5 Å². The molecule has 0 saturated heterocycles. The molecule has 2 aromatic rings. The van der Waals surface area contributed by atoms with Gasteiger partial charge in [0.15, 0.2) is 0 Å². The molecule has 29 heavy (non-hydrogen) atoms. The van der Waals surface area contributed by atoms with Crippen LogP contribution < -0.4 is 14.8 Å². The van der Waals surface area contributed by atoms with Crippen LogP contribution in [0.2, 0.25) is 0 Å². The Kier molecular flexibility index (Phi) is 8.24. The molecule has 0 heterocycles. The zero-order valence-corrected chi connectivity index (χ0v) is 17.7. The summed E-state index contributed by atoms with van der Waals surface area (Å²) in [6.45, 7) is 0.188.